The molecule has 15 heavy (non-hydrogen) atoms. The van der Waals surface area contributed by atoms with Crippen LogP contribution in [0.1, 0.15) is 5.69 Å². The number of fused-ring (bicyclic) bond motifs is 1. The Hall–Kier alpha value is -0.910. The number of hydrogen-bond acceptors (Lipinski definition) is 3. The SMILES string of the molecule is O=c1c(Br)c(CO)nc2ccc(Cl)cn12. The van der Waals surface area contributed by atoms with Crippen LogP contribution in [0, 0.1) is 0 Å². The normalized spacial score (nSPS) is 10.9. The van der Waals surface area contributed by atoms with Crippen molar-refractivity contribution in [2.75, 3.05) is 0 Å². The molecule has 0 spiro atoms. The average Bonchev–Trinajstić information content (AvgIpc) is 2.24. The summed E-state index contributed by atoms with van der Waals surface area (Å²) >= 11 is 8.85. The predicted molar refractivity (Wildman–Crippen MR) is 60.1 cm³/mol. The van der Waals surface area contributed by atoms with Crippen LogP contribution in [0.25, 0.3) is 5.65 Å². The molecule has 0 aromatic carbocycles. The number of nitrogens with zero attached hydrogens (tertiary/aromatic N) is 2. The van der Waals surface area contributed by atoms with E-state index in [1.807, 2.05) is 0 Å². The second kappa shape index (κ2) is 3.92. The van der Waals surface area contributed by atoms with E-state index in [0.717, 1.165) is 0 Å². The van der Waals surface area contributed by atoms with E-state index in [1.54, 1.807) is 12.1 Å². The van der Waals surface area contributed by atoms with Crippen LogP contribution >= 0.6 is 27.5 Å². The maximum atomic E-state index is 11.8. The first-order valence-electron chi connectivity index (χ1n) is 4.10. The highest BCUT2D eigenvalue weighted by molar-refractivity contribution is 9.10. The van der Waals surface area contributed by atoms with Gasteiger partial charge in [0.05, 0.1) is 17.3 Å². The lowest BCUT2D eigenvalue weighted by Gasteiger charge is -2.04. The minimum Gasteiger partial charge on any atom is -0.390 e. The van der Waals surface area contributed by atoms with Gasteiger partial charge in [0.2, 0.25) is 0 Å². The molecule has 2 heterocycles. The minimum atomic E-state index is -0.286. The molecule has 0 saturated carbocycles. The lowest BCUT2D eigenvalue weighted by atomic mass is 10.4. The third kappa shape index (κ3) is 1.78. The van der Waals surface area contributed by atoms with Crippen molar-refractivity contribution in [3.05, 3.63) is 43.9 Å². The molecule has 0 aliphatic heterocycles. The van der Waals surface area contributed by atoms with Gasteiger partial charge in [0, 0.05) is 6.20 Å². The Kier molecular flexibility index (Phi) is 2.77. The molecular formula is C9H6BrClN2O2. The van der Waals surface area contributed by atoms with E-state index < -0.39 is 0 Å². The summed E-state index contributed by atoms with van der Waals surface area (Å²) in [6.07, 6.45) is 1.48. The van der Waals surface area contributed by atoms with Gasteiger partial charge in [-0.1, -0.05) is 11.6 Å². The maximum Gasteiger partial charge on any atom is 0.272 e. The fourth-order valence-corrected chi connectivity index (χ4v) is 1.81. The van der Waals surface area contributed by atoms with Crippen molar-refractivity contribution in [2.24, 2.45) is 0 Å². The van der Waals surface area contributed by atoms with Crippen molar-refractivity contribution in [3.63, 3.8) is 0 Å². The number of aliphatic hydroxyl groups is 1. The van der Waals surface area contributed by atoms with Gasteiger partial charge >= 0.3 is 0 Å². The van der Waals surface area contributed by atoms with Crippen LogP contribution in [0.5, 0.6) is 0 Å². The first kappa shape index (κ1) is 10.6. The molecular weight excluding hydrogens is 283 g/mol. The highest BCUT2D eigenvalue weighted by Crippen LogP contribution is 2.13. The van der Waals surface area contributed by atoms with Gasteiger partial charge in [0.15, 0.2) is 0 Å². The number of halogens is 2. The van der Waals surface area contributed by atoms with Crippen LogP contribution in [-0.4, -0.2) is 14.5 Å². The molecule has 2 aromatic heterocycles. The molecule has 0 saturated heterocycles. The van der Waals surface area contributed by atoms with Gasteiger partial charge in [-0.15, -0.1) is 0 Å². The number of rotatable bonds is 1. The number of aliphatic hydroxyl groups excluding tert-OH is 1. The summed E-state index contributed by atoms with van der Waals surface area (Å²) < 4.78 is 1.58. The molecule has 2 rings (SSSR count). The van der Waals surface area contributed by atoms with E-state index in [-0.39, 0.29) is 16.6 Å². The number of hydrogen-bond donors (Lipinski definition) is 1. The molecule has 0 amide bonds. The molecule has 0 aliphatic rings. The van der Waals surface area contributed by atoms with E-state index in [0.29, 0.717) is 16.4 Å². The fraction of sp³-hybridized carbons (Fsp3) is 0.111. The third-order valence-corrected chi connectivity index (χ3v) is 2.97. The standard InChI is InChI=1S/C9H6BrClN2O2/c10-8-6(4-14)12-7-2-1-5(11)3-13(7)9(8)15/h1-3,14H,4H2. The zero-order valence-electron chi connectivity index (χ0n) is 7.44. The van der Waals surface area contributed by atoms with Gasteiger partial charge in [0.1, 0.15) is 10.1 Å². The van der Waals surface area contributed by atoms with Crippen molar-refractivity contribution >= 4 is 33.2 Å². The molecule has 2 aromatic rings. The van der Waals surface area contributed by atoms with E-state index in [4.69, 9.17) is 16.7 Å². The van der Waals surface area contributed by atoms with Gasteiger partial charge in [0.25, 0.3) is 5.56 Å². The van der Waals surface area contributed by atoms with Gasteiger partial charge in [-0.05, 0) is 28.1 Å². The molecule has 4 nitrogen and oxygen atoms in total. The Morgan fingerprint density at radius 1 is 1.53 bits per heavy atom. The monoisotopic (exact) mass is 288 g/mol. The van der Waals surface area contributed by atoms with Crippen molar-refractivity contribution in [1.29, 1.82) is 0 Å². The smallest absolute Gasteiger partial charge is 0.272 e. The summed E-state index contributed by atoms with van der Waals surface area (Å²) in [5, 5.41) is 9.44. The molecule has 6 heteroatoms. The molecule has 1 N–H and O–H groups in total. The highest BCUT2D eigenvalue weighted by atomic mass is 79.9. The summed E-state index contributed by atoms with van der Waals surface area (Å²) in [6.45, 7) is -0.283. The Labute approximate surface area is 98.3 Å². The largest absolute Gasteiger partial charge is 0.390 e. The molecule has 0 aliphatic carbocycles. The molecule has 0 unspecified atom stereocenters. The van der Waals surface area contributed by atoms with Crippen molar-refractivity contribution in [3.8, 4) is 0 Å². The van der Waals surface area contributed by atoms with E-state index >= 15 is 0 Å². The summed E-state index contributed by atoms with van der Waals surface area (Å²) in [4.78, 5) is 15.9. The summed E-state index contributed by atoms with van der Waals surface area (Å²) in [5.41, 5.74) is 0.491. The number of aromatic nitrogens is 2. The van der Waals surface area contributed by atoms with Crippen LogP contribution in [0.3, 0.4) is 0 Å². The zero-order valence-corrected chi connectivity index (χ0v) is 9.79. The second-order valence-electron chi connectivity index (χ2n) is 2.91. The molecule has 0 radical (unpaired) electrons. The van der Waals surface area contributed by atoms with Crippen LogP contribution in [0.4, 0.5) is 0 Å². The summed E-state index contributed by atoms with van der Waals surface area (Å²) in [6, 6.07) is 3.26. The molecule has 0 bridgehead atoms. The van der Waals surface area contributed by atoms with Gasteiger partial charge in [-0.3, -0.25) is 9.20 Å². The summed E-state index contributed by atoms with van der Waals surface area (Å²) in [7, 11) is 0. The Morgan fingerprint density at radius 3 is 2.93 bits per heavy atom. The van der Waals surface area contributed by atoms with Gasteiger partial charge in [-0.25, -0.2) is 4.98 Å². The van der Waals surface area contributed by atoms with Crippen LogP contribution in [0.2, 0.25) is 5.02 Å². The Balaban J connectivity index is 2.91. The maximum absolute atomic E-state index is 11.8. The fourth-order valence-electron chi connectivity index (χ4n) is 1.24. The molecule has 0 fully saturated rings. The topological polar surface area (TPSA) is 54.6 Å². The quantitative estimate of drug-likeness (QED) is 0.867. The van der Waals surface area contributed by atoms with Gasteiger partial charge < -0.3 is 5.11 Å². The van der Waals surface area contributed by atoms with Crippen molar-refractivity contribution < 1.29 is 5.11 Å². The minimum absolute atomic E-state index is 0.254. The van der Waals surface area contributed by atoms with E-state index in [2.05, 4.69) is 20.9 Å². The van der Waals surface area contributed by atoms with Crippen molar-refractivity contribution in [1.82, 2.24) is 9.38 Å². The Morgan fingerprint density at radius 2 is 2.27 bits per heavy atom. The average molecular weight is 290 g/mol. The van der Waals surface area contributed by atoms with Gasteiger partial charge in [-0.2, -0.15) is 0 Å². The van der Waals surface area contributed by atoms with Crippen LogP contribution < -0.4 is 5.56 Å². The third-order valence-electron chi connectivity index (χ3n) is 1.95. The van der Waals surface area contributed by atoms with E-state index in [1.165, 1.54) is 10.6 Å². The zero-order chi connectivity index (χ0) is 11.0. The summed E-state index contributed by atoms with van der Waals surface area (Å²) in [5.74, 6) is 0. The molecule has 0 atom stereocenters. The number of pyridine rings is 1. The molecule has 78 valence electrons. The lowest BCUT2D eigenvalue weighted by Crippen LogP contribution is -2.18. The van der Waals surface area contributed by atoms with Crippen LogP contribution in [0.15, 0.2) is 27.6 Å². The highest BCUT2D eigenvalue weighted by Gasteiger charge is 2.09. The Bertz CT molecular complexity index is 582. The predicted octanol–water partition coefficient (Wildman–Crippen LogP) is 1.60. The first-order chi connectivity index (χ1) is 7.13. The van der Waals surface area contributed by atoms with Crippen LogP contribution in [-0.2, 0) is 6.61 Å². The lowest BCUT2D eigenvalue weighted by molar-refractivity contribution is 0.276. The van der Waals surface area contributed by atoms with E-state index in [9.17, 15) is 4.79 Å². The van der Waals surface area contributed by atoms with Crippen molar-refractivity contribution in [2.45, 2.75) is 6.61 Å². The second-order valence-corrected chi connectivity index (χ2v) is 4.14. The first-order valence-corrected chi connectivity index (χ1v) is 5.27.